The maximum atomic E-state index is 4.06. The van der Waals surface area contributed by atoms with Crippen LogP contribution in [0, 0.1) is 0 Å². The van der Waals surface area contributed by atoms with Gasteiger partial charge in [0.05, 0.1) is 0 Å². The zero-order valence-electron chi connectivity index (χ0n) is 7.32. The van der Waals surface area contributed by atoms with Crippen molar-refractivity contribution in [3.63, 3.8) is 0 Å². The summed E-state index contributed by atoms with van der Waals surface area (Å²) in [6, 6.07) is 0. The summed E-state index contributed by atoms with van der Waals surface area (Å²) in [5.74, 6) is 0. The van der Waals surface area contributed by atoms with E-state index in [0.29, 0.717) is 0 Å². The lowest BCUT2D eigenvalue weighted by Gasteiger charge is -2.18. The fraction of sp³-hybridized carbons (Fsp3) is 0.455. The van der Waals surface area contributed by atoms with Gasteiger partial charge < -0.3 is 0 Å². The molecule has 0 N–H and O–H groups in total. The molecular formula is C11H16. The van der Waals surface area contributed by atoms with Crippen LogP contribution in [0.5, 0.6) is 0 Å². The number of hydrogen-bond donors (Lipinski definition) is 0. The molecule has 0 amide bonds. The second-order valence-electron chi connectivity index (χ2n) is 3.18. The van der Waals surface area contributed by atoms with Crippen molar-refractivity contribution in [3.8, 4) is 0 Å². The van der Waals surface area contributed by atoms with Crippen molar-refractivity contribution in [2.75, 3.05) is 0 Å². The standard InChI is InChI=1S/C11H16/c1-4-9(2)11-8-6-5-7-10(11)3/h4H,1,3,5-8H2,2H3/b11-9-. The third-order valence-electron chi connectivity index (χ3n) is 2.36. The van der Waals surface area contributed by atoms with Crippen molar-refractivity contribution < 1.29 is 0 Å². The van der Waals surface area contributed by atoms with Crippen LogP contribution in [0.1, 0.15) is 32.6 Å². The third kappa shape index (κ3) is 1.83. The molecule has 1 saturated carbocycles. The van der Waals surface area contributed by atoms with E-state index in [2.05, 4.69) is 20.1 Å². The van der Waals surface area contributed by atoms with Crippen LogP contribution in [-0.2, 0) is 0 Å². The maximum Gasteiger partial charge on any atom is -0.0274 e. The quantitative estimate of drug-likeness (QED) is 0.532. The Morgan fingerprint density at radius 3 is 2.55 bits per heavy atom. The van der Waals surface area contributed by atoms with Gasteiger partial charge >= 0.3 is 0 Å². The van der Waals surface area contributed by atoms with Crippen molar-refractivity contribution in [3.05, 3.63) is 36.0 Å². The van der Waals surface area contributed by atoms with Gasteiger partial charge in [-0.2, -0.15) is 0 Å². The van der Waals surface area contributed by atoms with Gasteiger partial charge in [0.2, 0.25) is 0 Å². The Bertz CT molecular complexity index is 206. The summed E-state index contributed by atoms with van der Waals surface area (Å²) in [7, 11) is 0. The largest absolute Gasteiger partial charge is 0.0988 e. The van der Waals surface area contributed by atoms with Crippen LogP contribution in [-0.4, -0.2) is 0 Å². The molecule has 0 aromatic heterocycles. The Morgan fingerprint density at radius 1 is 1.36 bits per heavy atom. The van der Waals surface area contributed by atoms with E-state index in [9.17, 15) is 0 Å². The lowest BCUT2D eigenvalue weighted by Crippen LogP contribution is -1.99. The van der Waals surface area contributed by atoms with E-state index >= 15 is 0 Å². The predicted octanol–water partition coefficient (Wildman–Crippen LogP) is 3.62. The average molecular weight is 148 g/mol. The van der Waals surface area contributed by atoms with Gasteiger partial charge in [0, 0.05) is 0 Å². The van der Waals surface area contributed by atoms with Crippen LogP contribution in [0.3, 0.4) is 0 Å². The molecule has 0 saturated heterocycles. The first-order valence-corrected chi connectivity index (χ1v) is 4.26. The fourth-order valence-electron chi connectivity index (χ4n) is 1.57. The summed E-state index contributed by atoms with van der Waals surface area (Å²) < 4.78 is 0. The molecule has 0 atom stereocenters. The van der Waals surface area contributed by atoms with E-state index in [1.165, 1.54) is 42.4 Å². The second-order valence-corrected chi connectivity index (χ2v) is 3.18. The summed E-state index contributed by atoms with van der Waals surface area (Å²) in [6.45, 7) is 9.95. The van der Waals surface area contributed by atoms with E-state index in [0.717, 1.165) is 0 Å². The van der Waals surface area contributed by atoms with Gasteiger partial charge in [-0.25, -0.2) is 0 Å². The fourth-order valence-corrected chi connectivity index (χ4v) is 1.57. The molecule has 0 aliphatic heterocycles. The minimum absolute atomic E-state index is 1.18. The molecule has 0 radical (unpaired) electrons. The Hall–Kier alpha value is -0.780. The van der Waals surface area contributed by atoms with Gasteiger partial charge in [-0.1, -0.05) is 24.8 Å². The van der Waals surface area contributed by atoms with Crippen LogP contribution in [0.4, 0.5) is 0 Å². The molecule has 1 aliphatic rings. The normalized spacial score (nSPS) is 23.2. The smallest absolute Gasteiger partial charge is 0.0274 e. The molecule has 0 heterocycles. The van der Waals surface area contributed by atoms with Gasteiger partial charge in [0.25, 0.3) is 0 Å². The van der Waals surface area contributed by atoms with Crippen LogP contribution >= 0.6 is 0 Å². The summed E-state index contributed by atoms with van der Waals surface area (Å²) >= 11 is 0. The predicted molar refractivity (Wildman–Crippen MR) is 50.5 cm³/mol. The maximum absolute atomic E-state index is 4.06. The van der Waals surface area contributed by atoms with Crippen LogP contribution < -0.4 is 0 Å². The molecule has 0 bridgehead atoms. The van der Waals surface area contributed by atoms with Crippen molar-refractivity contribution in [2.24, 2.45) is 0 Å². The average Bonchev–Trinajstić information content (AvgIpc) is 2.04. The zero-order chi connectivity index (χ0) is 8.27. The monoisotopic (exact) mass is 148 g/mol. The Balaban J connectivity index is 2.83. The molecular weight excluding hydrogens is 132 g/mol. The highest BCUT2D eigenvalue weighted by molar-refractivity contribution is 5.38. The van der Waals surface area contributed by atoms with Crippen molar-refractivity contribution >= 4 is 0 Å². The molecule has 0 nitrogen and oxygen atoms in total. The molecule has 1 aliphatic carbocycles. The molecule has 0 aromatic carbocycles. The minimum Gasteiger partial charge on any atom is -0.0988 e. The van der Waals surface area contributed by atoms with E-state index < -0.39 is 0 Å². The van der Waals surface area contributed by atoms with Crippen molar-refractivity contribution in [2.45, 2.75) is 32.6 Å². The first-order chi connectivity index (χ1) is 5.25. The summed E-state index contributed by atoms with van der Waals surface area (Å²) in [5, 5.41) is 0. The van der Waals surface area contributed by atoms with Crippen LogP contribution in [0.25, 0.3) is 0 Å². The SMILES string of the molecule is C=C/C(C)=C1/CCCCC1=C. The molecule has 60 valence electrons. The minimum atomic E-state index is 1.18. The van der Waals surface area contributed by atoms with Crippen LogP contribution in [0.15, 0.2) is 36.0 Å². The van der Waals surface area contributed by atoms with E-state index in [1.807, 2.05) is 6.08 Å². The molecule has 0 heteroatoms. The van der Waals surface area contributed by atoms with Crippen molar-refractivity contribution in [1.82, 2.24) is 0 Å². The molecule has 11 heavy (non-hydrogen) atoms. The second kappa shape index (κ2) is 3.56. The van der Waals surface area contributed by atoms with E-state index in [1.54, 1.807) is 0 Å². The van der Waals surface area contributed by atoms with Gasteiger partial charge in [-0.05, 0) is 43.8 Å². The molecule has 1 rings (SSSR count). The number of allylic oxidation sites excluding steroid dienone is 4. The molecule has 0 aromatic rings. The topological polar surface area (TPSA) is 0 Å². The lowest BCUT2D eigenvalue weighted by atomic mass is 9.88. The van der Waals surface area contributed by atoms with Crippen LogP contribution in [0.2, 0.25) is 0 Å². The Kier molecular flexibility index (Phi) is 2.70. The van der Waals surface area contributed by atoms with Gasteiger partial charge in [0.15, 0.2) is 0 Å². The number of rotatable bonds is 1. The molecule has 0 unspecified atom stereocenters. The summed E-state index contributed by atoms with van der Waals surface area (Å²) in [5.41, 5.74) is 4.09. The molecule has 1 fully saturated rings. The van der Waals surface area contributed by atoms with Gasteiger partial charge in [-0.15, -0.1) is 0 Å². The van der Waals surface area contributed by atoms with Crippen molar-refractivity contribution in [1.29, 1.82) is 0 Å². The highest BCUT2D eigenvalue weighted by atomic mass is 14.2. The van der Waals surface area contributed by atoms with Gasteiger partial charge in [-0.3, -0.25) is 0 Å². The summed E-state index contributed by atoms with van der Waals surface area (Å²) in [4.78, 5) is 0. The number of hydrogen-bond acceptors (Lipinski definition) is 0. The summed E-state index contributed by atoms with van der Waals surface area (Å²) in [6.07, 6.45) is 6.95. The third-order valence-corrected chi connectivity index (χ3v) is 2.36. The zero-order valence-corrected chi connectivity index (χ0v) is 7.32. The Labute approximate surface area is 69.3 Å². The highest BCUT2D eigenvalue weighted by Crippen LogP contribution is 2.29. The van der Waals surface area contributed by atoms with Gasteiger partial charge in [0.1, 0.15) is 0 Å². The molecule has 0 spiro atoms. The van der Waals surface area contributed by atoms with E-state index in [4.69, 9.17) is 0 Å². The van der Waals surface area contributed by atoms with E-state index in [-0.39, 0.29) is 0 Å². The first-order valence-electron chi connectivity index (χ1n) is 4.26. The Morgan fingerprint density at radius 2 is 2.00 bits per heavy atom. The first kappa shape index (κ1) is 8.32. The lowest BCUT2D eigenvalue weighted by molar-refractivity contribution is 0.677. The highest BCUT2D eigenvalue weighted by Gasteiger charge is 2.10.